The van der Waals surface area contributed by atoms with Gasteiger partial charge in [0, 0.05) is 11.0 Å². The quantitative estimate of drug-likeness (QED) is 0.716. The van der Waals surface area contributed by atoms with Crippen LogP contribution in [-0.4, -0.2) is 12.6 Å². The monoisotopic (exact) mass is 373 g/mol. The Morgan fingerprint density at radius 3 is 2.74 bits per heavy atom. The molecule has 0 saturated carbocycles. The van der Waals surface area contributed by atoms with E-state index in [9.17, 15) is 4.79 Å². The zero-order valence-electron chi connectivity index (χ0n) is 13.1. The highest BCUT2D eigenvalue weighted by atomic mass is 79.9. The molecule has 0 atom stereocenters. The number of benzene rings is 2. The Morgan fingerprint density at radius 2 is 2.00 bits per heavy atom. The number of ether oxygens (including phenoxy) is 1. The molecule has 0 aliphatic carbocycles. The van der Waals surface area contributed by atoms with Crippen molar-refractivity contribution in [2.75, 3.05) is 6.54 Å². The van der Waals surface area contributed by atoms with E-state index >= 15 is 0 Å². The summed E-state index contributed by atoms with van der Waals surface area (Å²) >= 11 is 3.45. The molecule has 0 heterocycles. The molecular formula is C19H20BrNO2. The maximum atomic E-state index is 11.6. The molecule has 0 aromatic heterocycles. The molecule has 2 rings (SSSR count). The molecule has 0 aliphatic heterocycles. The molecule has 0 fully saturated rings. The number of aryl methyl sites for hydroxylation is 1. The molecule has 0 aliphatic rings. The zero-order chi connectivity index (χ0) is 16.5. The Bertz CT molecular complexity index is 668. The molecule has 3 nitrogen and oxygen atoms in total. The average Bonchev–Trinajstić information content (AvgIpc) is 2.55. The zero-order valence-corrected chi connectivity index (χ0v) is 14.7. The number of hydrogen-bond donors (Lipinski definition) is 1. The van der Waals surface area contributed by atoms with Crippen molar-refractivity contribution in [3.8, 4) is 0 Å². The van der Waals surface area contributed by atoms with Gasteiger partial charge in [-0.15, -0.1) is 0 Å². The van der Waals surface area contributed by atoms with E-state index in [4.69, 9.17) is 4.74 Å². The first-order valence-corrected chi connectivity index (χ1v) is 8.31. The number of halogens is 1. The van der Waals surface area contributed by atoms with Crippen LogP contribution in [0.1, 0.15) is 23.1 Å². The smallest absolute Gasteiger partial charge is 0.407 e. The van der Waals surface area contributed by atoms with Crippen LogP contribution in [0.25, 0.3) is 6.08 Å². The standard InChI is InChI=1S/C19H20BrNO2/c1-15-13-18(20)11-10-17(15)9-5-6-12-21-19(22)23-14-16-7-3-2-4-8-16/h2-5,7-11,13H,6,12,14H2,1H3,(H,21,22). The average molecular weight is 374 g/mol. The third-order valence-corrected chi connectivity index (χ3v) is 3.82. The molecule has 1 amide bonds. The highest BCUT2D eigenvalue weighted by molar-refractivity contribution is 9.10. The lowest BCUT2D eigenvalue weighted by Gasteiger charge is -2.06. The minimum Gasteiger partial charge on any atom is -0.445 e. The summed E-state index contributed by atoms with van der Waals surface area (Å²) in [5, 5.41) is 2.74. The van der Waals surface area contributed by atoms with Crippen molar-refractivity contribution in [1.29, 1.82) is 0 Å². The van der Waals surface area contributed by atoms with E-state index in [2.05, 4.69) is 46.4 Å². The van der Waals surface area contributed by atoms with Crippen molar-refractivity contribution >= 4 is 28.1 Å². The number of nitrogens with one attached hydrogen (secondary N) is 1. The number of alkyl carbamates (subject to hydrolysis) is 1. The molecule has 2 aromatic carbocycles. The maximum Gasteiger partial charge on any atom is 0.407 e. The van der Waals surface area contributed by atoms with Gasteiger partial charge >= 0.3 is 6.09 Å². The van der Waals surface area contributed by atoms with E-state index in [1.807, 2.05) is 42.5 Å². The van der Waals surface area contributed by atoms with Crippen LogP contribution in [0.15, 0.2) is 59.1 Å². The van der Waals surface area contributed by atoms with Gasteiger partial charge in [-0.1, -0.05) is 64.5 Å². The molecule has 1 N–H and O–H groups in total. The molecule has 0 spiro atoms. The number of amides is 1. The summed E-state index contributed by atoms with van der Waals surface area (Å²) in [5.74, 6) is 0. The largest absolute Gasteiger partial charge is 0.445 e. The summed E-state index contributed by atoms with van der Waals surface area (Å²) in [6.45, 7) is 2.92. The predicted octanol–water partition coefficient (Wildman–Crippen LogP) is 5.09. The molecule has 23 heavy (non-hydrogen) atoms. The van der Waals surface area contributed by atoms with Gasteiger partial charge in [-0.05, 0) is 42.2 Å². The van der Waals surface area contributed by atoms with Crippen LogP contribution in [0.3, 0.4) is 0 Å². The Hall–Kier alpha value is -2.07. The minimum absolute atomic E-state index is 0.292. The SMILES string of the molecule is Cc1cc(Br)ccc1C=CCCNC(=O)OCc1ccccc1. The second-order valence-electron chi connectivity index (χ2n) is 5.18. The van der Waals surface area contributed by atoms with Gasteiger partial charge in [0.1, 0.15) is 6.61 Å². The second kappa shape index (κ2) is 9.16. The van der Waals surface area contributed by atoms with E-state index in [1.54, 1.807) is 0 Å². The summed E-state index contributed by atoms with van der Waals surface area (Å²) in [7, 11) is 0. The van der Waals surface area contributed by atoms with Crippen LogP contribution in [0.2, 0.25) is 0 Å². The third-order valence-electron chi connectivity index (χ3n) is 3.32. The van der Waals surface area contributed by atoms with Crippen molar-refractivity contribution in [2.24, 2.45) is 0 Å². The first-order chi connectivity index (χ1) is 11.1. The molecule has 2 aromatic rings. The van der Waals surface area contributed by atoms with Crippen LogP contribution >= 0.6 is 15.9 Å². The van der Waals surface area contributed by atoms with Crippen molar-refractivity contribution < 1.29 is 9.53 Å². The van der Waals surface area contributed by atoms with Crippen molar-refractivity contribution in [2.45, 2.75) is 20.0 Å². The molecular weight excluding hydrogens is 354 g/mol. The van der Waals surface area contributed by atoms with Crippen LogP contribution in [0.5, 0.6) is 0 Å². The predicted molar refractivity (Wildman–Crippen MR) is 97.2 cm³/mol. The fraction of sp³-hybridized carbons (Fsp3) is 0.211. The Labute approximate surface area is 145 Å². The van der Waals surface area contributed by atoms with E-state index in [1.165, 1.54) is 11.1 Å². The van der Waals surface area contributed by atoms with E-state index < -0.39 is 0 Å². The molecule has 120 valence electrons. The van der Waals surface area contributed by atoms with Crippen LogP contribution in [-0.2, 0) is 11.3 Å². The van der Waals surface area contributed by atoms with Crippen molar-refractivity contribution in [3.63, 3.8) is 0 Å². The fourth-order valence-corrected chi connectivity index (χ4v) is 2.54. The van der Waals surface area contributed by atoms with Gasteiger partial charge in [-0.3, -0.25) is 0 Å². The van der Waals surface area contributed by atoms with E-state index in [-0.39, 0.29) is 6.09 Å². The van der Waals surface area contributed by atoms with Crippen molar-refractivity contribution in [1.82, 2.24) is 5.32 Å². The number of carbonyl (C=O) groups is 1. The molecule has 0 radical (unpaired) electrons. The topological polar surface area (TPSA) is 38.3 Å². The lowest BCUT2D eigenvalue weighted by Crippen LogP contribution is -2.24. The lowest BCUT2D eigenvalue weighted by molar-refractivity contribution is 0.140. The minimum atomic E-state index is -0.387. The summed E-state index contributed by atoms with van der Waals surface area (Å²) in [6.07, 6.45) is 4.49. The van der Waals surface area contributed by atoms with Crippen LogP contribution in [0.4, 0.5) is 4.79 Å². The summed E-state index contributed by atoms with van der Waals surface area (Å²) in [5.41, 5.74) is 3.37. The van der Waals surface area contributed by atoms with Crippen LogP contribution in [0, 0.1) is 6.92 Å². The lowest BCUT2D eigenvalue weighted by atomic mass is 10.1. The summed E-state index contributed by atoms with van der Waals surface area (Å²) in [6, 6.07) is 15.8. The Balaban J connectivity index is 1.66. The van der Waals surface area contributed by atoms with Crippen LogP contribution < -0.4 is 5.32 Å². The summed E-state index contributed by atoms with van der Waals surface area (Å²) < 4.78 is 6.22. The summed E-state index contributed by atoms with van der Waals surface area (Å²) in [4.78, 5) is 11.6. The Morgan fingerprint density at radius 1 is 1.22 bits per heavy atom. The van der Waals surface area contributed by atoms with Crippen molar-refractivity contribution in [3.05, 3.63) is 75.8 Å². The maximum absolute atomic E-state index is 11.6. The van der Waals surface area contributed by atoms with Gasteiger partial charge < -0.3 is 10.1 Å². The highest BCUT2D eigenvalue weighted by Gasteiger charge is 2.00. The molecule has 0 saturated heterocycles. The van der Waals surface area contributed by atoms with E-state index in [0.717, 1.165) is 16.5 Å². The first-order valence-electron chi connectivity index (χ1n) is 7.52. The van der Waals surface area contributed by atoms with Gasteiger partial charge in [0.25, 0.3) is 0 Å². The molecule has 0 bridgehead atoms. The molecule has 4 heteroatoms. The third kappa shape index (κ3) is 6.28. The van der Waals surface area contributed by atoms with E-state index in [0.29, 0.717) is 13.2 Å². The normalized spacial score (nSPS) is 10.7. The van der Waals surface area contributed by atoms with Gasteiger partial charge in [-0.25, -0.2) is 4.79 Å². The molecule has 0 unspecified atom stereocenters. The van der Waals surface area contributed by atoms with Gasteiger partial charge in [0.2, 0.25) is 0 Å². The fourth-order valence-electron chi connectivity index (χ4n) is 2.07. The first kappa shape index (κ1) is 17.3. The van der Waals surface area contributed by atoms with Gasteiger partial charge in [-0.2, -0.15) is 0 Å². The van der Waals surface area contributed by atoms with Gasteiger partial charge in [0.15, 0.2) is 0 Å². The highest BCUT2D eigenvalue weighted by Crippen LogP contribution is 2.17. The number of hydrogen-bond acceptors (Lipinski definition) is 2. The number of carbonyl (C=O) groups excluding carboxylic acids is 1. The Kier molecular flexibility index (Phi) is 6.88. The van der Waals surface area contributed by atoms with Gasteiger partial charge in [0.05, 0.1) is 0 Å². The second-order valence-corrected chi connectivity index (χ2v) is 6.10. The number of rotatable bonds is 6.